The van der Waals surface area contributed by atoms with Crippen molar-refractivity contribution in [2.45, 2.75) is 36.9 Å². The van der Waals surface area contributed by atoms with Crippen LogP contribution in [0.5, 0.6) is 0 Å². The average molecular weight is 276 g/mol. The van der Waals surface area contributed by atoms with Gasteiger partial charge in [0.2, 0.25) is 0 Å². The van der Waals surface area contributed by atoms with Crippen LogP contribution in [0, 0.1) is 0 Å². The number of hydrogen-bond donors (Lipinski definition) is 1. The molecule has 1 atom stereocenters. The molecule has 0 bridgehead atoms. The summed E-state index contributed by atoms with van der Waals surface area (Å²) in [4.78, 5) is 1.02. The van der Waals surface area contributed by atoms with Crippen molar-refractivity contribution in [2.75, 3.05) is 13.6 Å². The first kappa shape index (κ1) is 14.6. The smallest absolute Gasteiger partial charge is 0.252 e. The lowest BCUT2D eigenvalue weighted by molar-refractivity contribution is 0.381. The summed E-state index contributed by atoms with van der Waals surface area (Å²) in [5.41, 5.74) is 5.46. The molecule has 98 valence electrons. The molecule has 2 N–H and O–H groups in total. The Kier molecular flexibility index (Phi) is 5.12. The quantitative estimate of drug-likeness (QED) is 0.859. The molecule has 0 amide bonds. The molecule has 1 aromatic rings. The number of rotatable bonds is 6. The van der Waals surface area contributed by atoms with E-state index in [9.17, 15) is 8.42 Å². The first-order chi connectivity index (χ1) is 7.93. The van der Waals surface area contributed by atoms with Gasteiger partial charge in [-0.2, -0.15) is 4.31 Å². The van der Waals surface area contributed by atoms with Gasteiger partial charge >= 0.3 is 0 Å². The predicted octanol–water partition coefficient (Wildman–Crippen LogP) is 1.67. The molecule has 0 spiro atoms. The first-order valence-corrected chi connectivity index (χ1v) is 7.96. The topological polar surface area (TPSA) is 63.4 Å². The fourth-order valence-corrected chi connectivity index (χ4v) is 4.40. The third-order valence-electron chi connectivity index (χ3n) is 2.87. The van der Waals surface area contributed by atoms with Gasteiger partial charge < -0.3 is 5.73 Å². The maximum Gasteiger partial charge on any atom is 0.252 e. The zero-order chi connectivity index (χ0) is 13.1. The maximum atomic E-state index is 12.3. The second-order valence-electron chi connectivity index (χ2n) is 4.04. The van der Waals surface area contributed by atoms with E-state index in [-0.39, 0.29) is 6.04 Å². The summed E-state index contributed by atoms with van der Waals surface area (Å²) < 4.78 is 26.4. The van der Waals surface area contributed by atoms with Crippen LogP contribution >= 0.6 is 11.3 Å². The number of nitrogens with two attached hydrogens (primary N) is 1. The zero-order valence-corrected chi connectivity index (χ0v) is 12.1. The van der Waals surface area contributed by atoms with Crippen LogP contribution in [-0.4, -0.2) is 32.4 Å². The zero-order valence-electron chi connectivity index (χ0n) is 10.5. The van der Waals surface area contributed by atoms with Gasteiger partial charge in [0.25, 0.3) is 10.0 Å². The Balaban J connectivity index is 2.96. The molecule has 0 aliphatic heterocycles. The van der Waals surface area contributed by atoms with E-state index in [2.05, 4.69) is 0 Å². The summed E-state index contributed by atoms with van der Waals surface area (Å²) in [6.07, 6.45) is 1.53. The summed E-state index contributed by atoms with van der Waals surface area (Å²) in [7, 11) is -1.71. The fourth-order valence-electron chi connectivity index (χ4n) is 1.41. The molecule has 0 aliphatic rings. The van der Waals surface area contributed by atoms with Crippen LogP contribution in [0.1, 0.15) is 25.1 Å². The Morgan fingerprint density at radius 3 is 2.65 bits per heavy atom. The molecule has 0 aliphatic carbocycles. The molecule has 1 rings (SSSR count). The predicted molar refractivity (Wildman–Crippen MR) is 71.8 cm³/mol. The summed E-state index contributed by atoms with van der Waals surface area (Å²) in [5, 5.41) is 0. The van der Waals surface area contributed by atoms with Crippen molar-refractivity contribution in [3.05, 3.63) is 17.0 Å². The molecule has 0 saturated heterocycles. The van der Waals surface area contributed by atoms with Gasteiger partial charge in [-0.15, -0.1) is 11.3 Å². The highest BCUT2D eigenvalue weighted by atomic mass is 32.2. The second kappa shape index (κ2) is 5.95. The Morgan fingerprint density at radius 2 is 2.12 bits per heavy atom. The van der Waals surface area contributed by atoms with Crippen LogP contribution in [0.3, 0.4) is 0 Å². The second-order valence-corrected chi connectivity index (χ2v) is 7.43. The van der Waals surface area contributed by atoms with Gasteiger partial charge in [-0.25, -0.2) is 8.42 Å². The normalized spacial score (nSPS) is 14.2. The van der Waals surface area contributed by atoms with E-state index in [0.717, 1.165) is 17.7 Å². The minimum Gasteiger partial charge on any atom is -0.330 e. The number of hydrogen-bond acceptors (Lipinski definition) is 4. The Morgan fingerprint density at radius 1 is 1.47 bits per heavy atom. The van der Waals surface area contributed by atoms with Crippen LogP contribution in [-0.2, 0) is 16.4 Å². The lowest BCUT2D eigenvalue weighted by Gasteiger charge is -2.22. The van der Waals surface area contributed by atoms with Crippen LogP contribution in [0.4, 0.5) is 0 Å². The first-order valence-electron chi connectivity index (χ1n) is 5.70. The summed E-state index contributed by atoms with van der Waals surface area (Å²) in [6, 6.07) is 3.53. The Bertz CT molecular complexity index is 454. The lowest BCUT2D eigenvalue weighted by Crippen LogP contribution is -2.34. The van der Waals surface area contributed by atoms with E-state index in [4.69, 9.17) is 5.73 Å². The van der Waals surface area contributed by atoms with Crippen molar-refractivity contribution in [3.63, 3.8) is 0 Å². The van der Waals surface area contributed by atoms with Crippen LogP contribution in [0.2, 0.25) is 0 Å². The third-order valence-corrected chi connectivity index (χ3v) is 6.46. The number of sulfonamides is 1. The minimum absolute atomic E-state index is 0.0139. The van der Waals surface area contributed by atoms with Gasteiger partial charge in [0.1, 0.15) is 4.21 Å². The SMILES string of the molecule is CCC(C)N(C)S(=O)(=O)c1ccc(CCN)s1. The van der Waals surface area contributed by atoms with E-state index < -0.39 is 10.0 Å². The molecule has 0 saturated carbocycles. The Hall–Kier alpha value is -0.430. The standard InChI is InChI=1S/C11H20N2O2S2/c1-4-9(2)13(3)17(14,15)11-6-5-10(16-11)7-8-12/h5-6,9H,4,7-8,12H2,1-3H3. The fraction of sp³-hybridized carbons (Fsp3) is 0.636. The van der Waals surface area contributed by atoms with Crippen molar-refractivity contribution < 1.29 is 8.42 Å². The molecule has 0 aromatic carbocycles. The summed E-state index contributed by atoms with van der Waals surface area (Å²) >= 11 is 1.31. The summed E-state index contributed by atoms with van der Waals surface area (Å²) in [5.74, 6) is 0. The maximum absolute atomic E-state index is 12.3. The van der Waals surface area contributed by atoms with Crippen molar-refractivity contribution >= 4 is 21.4 Å². The highest BCUT2D eigenvalue weighted by molar-refractivity contribution is 7.91. The molecule has 1 aromatic heterocycles. The van der Waals surface area contributed by atoms with Gasteiger partial charge in [0, 0.05) is 18.0 Å². The monoisotopic (exact) mass is 276 g/mol. The Labute approximate surface area is 107 Å². The van der Waals surface area contributed by atoms with E-state index in [1.54, 1.807) is 13.1 Å². The molecule has 1 unspecified atom stereocenters. The molecular weight excluding hydrogens is 256 g/mol. The van der Waals surface area contributed by atoms with Crippen LogP contribution in [0.25, 0.3) is 0 Å². The highest BCUT2D eigenvalue weighted by Gasteiger charge is 2.25. The van der Waals surface area contributed by atoms with Crippen molar-refractivity contribution in [3.8, 4) is 0 Å². The van der Waals surface area contributed by atoms with Crippen molar-refractivity contribution in [2.24, 2.45) is 5.73 Å². The largest absolute Gasteiger partial charge is 0.330 e. The van der Waals surface area contributed by atoms with Crippen molar-refractivity contribution in [1.29, 1.82) is 0 Å². The van der Waals surface area contributed by atoms with E-state index in [1.165, 1.54) is 15.6 Å². The number of nitrogens with zero attached hydrogens (tertiary/aromatic N) is 1. The molecule has 1 heterocycles. The van der Waals surface area contributed by atoms with Gasteiger partial charge in [-0.05, 0) is 38.4 Å². The van der Waals surface area contributed by atoms with Crippen LogP contribution in [0.15, 0.2) is 16.3 Å². The van der Waals surface area contributed by atoms with E-state index in [0.29, 0.717) is 10.8 Å². The molecule has 0 fully saturated rings. The highest BCUT2D eigenvalue weighted by Crippen LogP contribution is 2.25. The van der Waals surface area contributed by atoms with Gasteiger partial charge in [-0.1, -0.05) is 6.92 Å². The van der Waals surface area contributed by atoms with Gasteiger partial charge in [-0.3, -0.25) is 0 Å². The van der Waals surface area contributed by atoms with E-state index in [1.807, 2.05) is 19.9 Å². The molecule has 17 heavy (non-hydrogen) atoms. The molecular formula is C11H20N2O2S2. The number of thiophene rings is 1. The van der Waals surface area contributed by atoms with Gasteiger partial charge in [0.15, 0.2) is 0 Å². The minimum atomic E-state index is -3.34. The van der Waals surface area contributed by atoms with Crippen LogP contribution < -0.4 is 5.73 Å². The lowest BCUT2D eigenvalue weighted by atomic mass is 10.3. The third kappa shape index (κ3) is 3.28. The average Bonchev–Trinajstić information content (AvgIpc) is 2.76. The molecule has 4 nitrogen and oxygen atoms in total. The van der Waals surface area contributed by atoms with Crippen molar-refractivity contribution in [1.82, 2.24) is 4.31 Å². The van der Waals surface area contributed by atoms with Gasteiger partial charge in [0.05, 0.1) is 0 Å². The summed E-state index contributed by atoms with van der Waals surface area (Å²) in [6.45, 7) is 4.43. The molecule has 0 radical (unpaired) electrons. The molecule has 6 heteroatoms. The van der Waals surface area contributed by atoms with E-state index >= 15 is 0 Å².